The molecule has 44 heavy (non-hydrogen) atoms. The van der Waals surface area contributed by atoms with Crippen LogP contribution in [0.15, 0.2) is 91.0 Å². The molecule has 0 fully saturated rings. The van der Waals surface area contributed by atoms with Crippen molar-refractivity contribution in [1.82, 2.24) is 16.0 Å². The molecule has 4 atom stereocenters. The lowest BCUT2D eigenvalue weighted by Gasteiger charge is -2.25. The molecule has 4 amide bonds. The highest BCUT2D eigenvalue weighted by atomic mass is 31.2. The molecular formula is C32H36FN4O6P. The van der Waals surface area contributed by atoms with Gasteiger partial charge in [-0.1, -0.05) is 85.8 Å². The molecule has 0 bridgehead atoms. The van der Waals surface area contributed by atoms with E-state index in [0.717, 1.165) is 17.7 Å². The highest BCUT2D eigenvalue weighted by molar-refractivity contribution is 7.59. The number of benzene rings is 3. The molecule has 10 nitrogen and oxygen atoms in total. The fraction of sp³-hybridized carbons (Fsp3) is 0.250. The normalized spacial score (nSPS) is 14.5. The number of carbonyl (C=O) groups is 4. The van der Waals surface area contributed by atoms with E-state index in [1.54, 1.807) is 49.4 Å². The first-order chi connectivity index (χ1) is 21.0. The molecule has 12 heteroatoms. The monoisotopic (exact) mass is 622 g/mol. The van der Waals surface area contributed by atoms with Crippen LogP contribution in [-0.2, 0) is 25.4 Å². The van der Waals surface area contributed by atoms with Gasteiger partial charge in [-0.25, -0.2) is 4.39 Å². The molecule has 0 heterocycles. The van der Waals surface area contributed by atoms with Crippen LogP contribution in [0.1, 0.15) is 41.3 Å². The number of nitrogens with two attached hydrogens (primary N) is 1. The van der Waals surface area contributed by atoms with Gasteiger partial charge in [-0.3, -0.25) is 23.7 Å². The number of primary amides is 1. The summed E-state index contributed by atoms with van der Waals surface area (Å²) in [6.45, 7) is 1.62. The van der Waals surface area contributed by atoms with Gasteiger partial charge in [0.05, 0.1) is 0 Å². The fourth-order valence-corrected chi connectivity index (χ4v) is 5.87. The molecule has 0 aromatic heterocycles. The Morgan fingerprint density at radius 1 is 0.909 bits per heavy atom. The lowest BCUT2D eigenvalue weighted by atomic mass is 10.1. The van der Waals surface area contributed by atoms with Crippen molar-refractivity contribution < 1.29 is 33.0 Å². The van der Waals surface area contributed by atoms with Crippen LogP contribution in [0.25, 0.3) is 6.08 Å². The predicted octanol–water partition coefficient (Wildman–Crippen LogP) is 3.36. The first-order valence-corrected chi connectivity index (χ1v) is 15.9. The Morgan fingerprint density at radius 3 is 2.18 bits per heavy atom. The van der Waals surface area contributed by atoms with Gasteiger partial charge in [0.15, 0.2) is 0 Å². The van der Waals surface area contributed by atoms with E-state index in [2.05, 4.69) is 16.0 Å². The van der Waals surface area contributed by atoms with E-state index < -0.39 is 60.8 Å². The largest absolute Gasteiger partial charge is 0.368 e. The molecule has 0 aliphatic carbocycles. The fourth-order valence-electron chi connectivity index (χ4n) is 4.33. The Hall–Kier alpha value is -4.60. The van der Waals surface area contributed by atoms with Crippen LogP contribution in [0.5, 0.6) is 0 Å². The van der Waals surface area contributed by atoms with Gasteiger partial charge in [-0.15, -0.1) is 0 Å². The molecule has 3 aromatic carbocycles. The van der Waals surface area contributed by atoms with Gasteiger partial charge in [-0.05, 0) is 42.2 Å². The number of hydrogen-bond donors (Lipinski definition) is 5. The topological polar surface area (TPSA) is 168 Å². The van der Waals surface area contributed by atoms with Crippen molar-refractivity contribution in [3.8, 4) is 0 Å². The molecule has 0 saturated carbocycles. The summed E-state index contributed by atoms with van der Waals surface area (Å²) in [5.41, 5.74) is 6.94. The molecule has 2 unspecified atom stereocenters. The van der Waals surface area contributed by atoms with Crippen molar-refractivity contribution in [1.29, 1.82) is 0 Å². The Kier molecular flexibility index (Phi) is 12.6. The van der Waals surface area contributed by atoms with E-state index in [4.69, 9.17) is 5.73 Å². The summed E-state index contributed by atoms with van der Waals surface area (Å²) < 4.78 is 27.2. The van der Waals surface area contributed by atoms with Crippen LogP contribution < -0.4 is 21.7 Å². The third-order valence-corrected chi connectivity index (χ3v) is 8.74. The van der Waals surface area contributed by atoms with E-state index in [-0.39, 0.29) is 24.8 Å². The predicted molar refractivity (Wildman–Crippen MR) is 166 cm³/mol. The zero-order valence-corrected chi connectivity index (χ0v) is 25.1. The van der Waals surface area contributed by atoms with E-state index in [0.29, 0.717) is 5.56 Å². The van der Waals surface area contributed by atoms with Crippen LogP contribution >= 0.6 is 7.37 Å². The van der Waals surface area contributed by atoms with E-state index in [9.17, 15) is 33.0 Å². The van der Waals surface area contributed by atoms with Crippen molar-refractivity contribution in [3.63, 3.8) is 0 Å². The second-order valence-electron chi connectivity index (χ2n) is 10.1. The van der Waals surface area contributed by atoms with Gasteiger partial charge in [0.1, 0.15) is 29.8 Å². The average Bonchev–Trinajstić information content (AvgIpc) is 2.99. The van der Waals surface area contributed by atoms with E-state index in [1.807, 2.05) is 30.3 Å². The SMILES string of the molecule is CC[C@H](NC(=O)CP(=O)(O)C(Cc1ccccc1)NC(=O)c1cccc(F)c1)C(=O)N[C@@H](CC=Cc1ccccc1)C(N)=O. The minimum atomic E-state index is -4.45. The molecule has 0 saturated heterocycles. The van der Waals surface area contributed by atoms with Crippen molar-refractivity contribution in [3.05, 3.63) is 114 Å². The van der Waals surface area contributed by atoms with E-state index in [1.165, 1.54) is 12.1 Å². The van der Waals surface area contributed by atoms with E-state index >= 15 is 0 Å². The highest BCUT2D eigenvalue weighted by Gasteiger charge is 2.36. The van der Waals surface area contributed by atoms with Crippen LogP contribution in [0.3, 0.4) is 0 Å². The molecule has 0 aliphatic rings. The number of halogens is 1. The van der Waals surface area contributed by atoms with Crippen molar-refractivity contribution in [2.75, 3.05) is 6.16 Å². The smallest absolute Gasteiger partial charge is 0.252 e. The number of amides is 4. The zero-order chi connectivity index (χ0) is 32.1. The molecular weight excluding hydrogens is 586 g/mol. The number of nitrogens with one attached hydrogen (secondary N) is 3. The van der Waals surface area contributed by atoms with Crippen molar-refractivity contribution >= 4 is 37.1 Å². The van der Waals surface area contributed by atoms with Crippen LogP contribution in [0, 0.1) is 5.82 Å². The number of carbonyl (C=O) groups excluding carboxylic acids is 4. The molecule has 3 aromatic rings. The maximum Gasteiger partial charge on any atom is 0.252 e. The van der Waals surface area contributed by atoms with Gasteiger partial charge in [0, 0.05) is 12.0 Å². The summed E-state index contributed by atoms with van der Waals surface area (Å²) in [4.78, 5) is 61.8. The van der Waals surface area contributed by atoms with Crippen molar-refractivity contribution in [2.45, 2.75) is 44.1 Å². The summed E-state index contributed by atoms with van der Waals surface area (Å²) in [7, 11) is -4.45. The summed E-state index contributed by atoms with van der Waals surface area (Å²) >= 11 is 0. The highest BCUT2D eigenvalue weighted by Crippen LogP contribution is 2.46. The average molecular weight is 623 g/mol. The maximum atomic E-state index is 13.7. The van der Waals surface area contributed by atoms with Crippen LogP contribution in [0.4, 0.5) is 4.39 Å². The first-order valence-electron chi connectivity index (χ1n) is 14.0. The van der Waals surface area contributed by atoms with Gasteiger partial charge in [-0.2, -0.15) is 0 Å². The molecule has 3 rings (SSSR count). The first kappa shape index (κ1) is 33.9. The third kappa shape index (κ3) is 10.6. The van der Waals surface area contributed by atoms with Gasteiger partial charge >= 0.3 is 0 Å². The Labute approximate surface area is 255 Å². The second-order valence-corrected chi connectivity index (χ2v) is 12.6. The quantitative estimate of drug-likeness (QED) is 0.163. The minimum absolute atomic E-state index is 0.0575. The summed E-state index contributed by atoms with van der Waals surface area (Å²) in [6.07, 6.45) is 2.70. The maximum absolute atomic E-state index is 13.7. The summed E-state index contributed by atoms with van der Waals surface area (Å²) in [6, 6.07) is 20.6. The van der Waals surface area contributed by atoms with Gasteiger partial charge in [0.2, 0.25) is 25.1 Å². The molecule has 0 radical (unpaired) electrons. The van der Waals surface area contributed by atoms with Gasteiger partial charge < -0.3 is 26.6 Å². The zero-order valence-electron chi connectivity index (χ0n) is 24.2. The Balaban J connectivity index is 1.68. The Bertz CT molecular complexity index is 1520. The molecule has 0 aliphatic heterocycles. The lowest BCUT2D eigenvalue weighted by molar-refractivity contribution is -0.130. The number of rotatable bonds is 15. The molecule has 6 N–H and O–H groups in total. The van der Waals surface area contributed by atoms with Crippen molar-refractivity contribution in [2.24, 2.45) is 5.73 Å². The third-order valence-electron chi connectivity index (χ3n) is 6.72. The molecule has 0 spiro atoms. The number of hydrogen-bond acceptors (Lipinski definition) is 5. The van der Waals surface area contributed by atoms with Gasteiger partial charge in [0.25, 0.3) is 5.91 Å². The summed E-state index contributed by atoms with van der Waals surface area (Å²) in [5, 5.41) is 7.45. The van der Waals surface area contributed by atoms with Crippen LogP contribution in [0.2, 0.25) is 0 Å². The minimum Gasteiger partial charge on any atom is -0.368 e. The van der Waals surface area contributed by atoms with Crippen LogP contribution in [-0.4, -0.2) is 52.6 Å². The standard InChI is InChI=1S/C32H36FN4O6P/c1-2-26(32(41)36-27(30(34)39)18-9-15-22-11-5-3-6-12-22)35-28(38)21-44(42,43)29(19-23-13-7-4-8-14-23)37-31(40)24-16-10-17-25(33)20-24/h3-17,20,26-27,29H,2,18-19,21H2,1H3,(H2,34,39)(H,35,38)(H,36,41)(H,37,40)(H,42,43)/t26-,27-,29?/m0/s1. The second kappa shape index (κ2) is 16.3. The Morgan fingerprint density at radius 2 is 1.57 bits per heavy atom. The lowest BCUT2D eigenvalue weighted by Crippen LogP contribution is -2.53. The summed E-state index contributed by atoms with van der Waals surface area (Å²) in [5.74, 6) is -5.20. The molecule has 232 valence electrons.